The summed E-state index contributed by atoms with van der Waals surface area (Å²) in [6, 6.07) is 9.52. The number of hydrogen-bond donors (Lipinski definition) is 0. The van der Waals surface area contributed by atoms with Gasteiger partial charge >= 0.3 is 0 Å². The highest BCUT2D eigenvalue weighted by Gasteiger charge is 2.11. The number of carbonyl (C=O) groups is 1. The molecule has 92 valence electrons. The van der Waals surface area contributed by atoms with Gasteiger partial charge < -0.3 is 0 Å². The summed E-state index contributed by atoms with van der Waals surface area (Å²) >= 11 is 5.76. The fourth-order valence-electron chi connectivity index (χ4n) is 1.60. The minimum absolute atomic E-state index is 0.0117. The zero-order chi connectivity index (χ0) is 13.1. The summed E-state index contributed by atoms with van der Waals surface area (Å²) in [5.41, 5.74) is 0.794. The third-order valence-corrected chi connectivity index (χ3v) is 2.97. The fourth-order valence-corrected chi connectivity index (χ4v) is 1.79. The topological polar surface area (TPSA) is 17.1 Å². The van der Waals surface area contributed by atoms with Crippen LogP contribution in [0.5, 0.6) is 0 Å². The predicted molar refractivity (Wildman–Crippen MR) is 65.8 cm³/mol. The summed E-state index contributed by atoms with van der Waals surface area (Å²) in [6.07, 6.45) is -0.0117. The van der Waals surface area contributed by atoms with E-state index in [2.05, 4.69) is 0 Å². The minimum Gasteiger partial charge on any atom is -0.294 e. The molecule has 0 bridgehead atoms. The molecule has 0 spiro atoms. The third-order valence-electron chi connectivity index (χ3n) is 2.55. The zero-order valence-corrected chi connectivity index (χ0v) is 10.0. The first-order chi connectivity index (χ1) is 8.58. The number of benzene rings is 2. The Kier molecular flexibility index (Phi) is 3.72. The molecule has 1 nitrogen and oxygen atoms in total. The molecule has 0 aliphatic carbocycles. The average Bonchev–Trinajstić information content (AvgIpc) is 2.36. The van der Waals surface area contributed by atoms with Crippen molar-refractivity contribution in [2.75, 3.05) is 0 Å². The Bertz CT molecular complexity index is 579. The second-order valence-electron chi connectivity index (χ2n) is 3.82. The van der Waals surface area contributed by atoms with Crippen LogP contribution in [0.4, 0.5) is 8.78 Å². The quantitative estimate of drug-likeness (QED) is 0.766. The van der Waals surface area contributed by atoms with Crippen molar-refractivity contribution >= 4 is 17.4 Å². The van der Waals surface area contributed by atoms with Crippen molar-refractivity contribution in [3.8, 4) is 0 Å². The molecule has 0 saturated carbocycles. The van der Waals surface area contributed by atoms with Gasteiger partial charge in [-0.1, -0.05) is 23.7 Å². The molecule has 0 aliphatic heterocycles. The van der Waals surface area contributed by atoms with E-state index < -0.39 is 11.6 Å². The van der Waals surface area contributed by atoms with E-state index in [4.69, 9.17) is 11.6 Å². The van der Waals surface area contributed by atoms with E-state index in [1.807, 2.05) is 0 Å². The summed E-state index contributed by atoms with van der Waals surface area (Å²) < 4.78 is 25.9. The van der Waals surface area contributed by atoms with Gasteiger partial charge in [-0.3, -0.25) is 4.79 Å². The highest BCUT2D eigenvalue weighted by atomic mass is 35.5. The Hall–Kier alpha value is -1.74. The first-order valence-electron chi connectivity index (χ1n) is 5.29. The van der Waals surface area contributed by atoms with Gasteiger partial charge in [0.05, 0.1) is 5.02 Å². The van der Waals surface area contributed by atoms with Gasteiger partial charge in [-0.15, -0.1) is 0 Å². The molecule has 2 aromatic carbocycles. The van der Waals surface area contributed by atoms with Crippen LogP contribution >= 0.6 is 11.6 Å². The van der Waals surface area contributed by atoms with E-state index in [1.165, 1.54) is 36.4 Å². The van der Waals surface area contributed by atoms with Crippen molar-refractivity contribution in [1.29, 1.82) is 0 Å². The molecule has 0 saturated heterocycles. The molecular weight excluding hydrogens is 258 g/mol. The van der Waals surface area contributed by atoms with E-state index in [0.717, 1.165) is 0 Å². The summed E-state index contributed by atoms with van der Waals surface area (Å²) in [4.78, 5) is 11.9. The van der Waals surface area contributed by atoms with Crippen LogP contribution in [0.2, 0.25) is 5.02 Å². The minimum atomic E-state index is -0.555. The largest absolute Gasteiger partial charge is 0.294 e. The number of rotatable bonds is 3. The Morgan fingerprint density at radius 1 is 1.06 bits per heavy atom. The van der Waals surface area contributed by atoms with Gasteiger partial charge in [-0.25, -0.2) is 8.78 Å². The van der Waals surface area contributed by atoms with Gasteiger partial charge in [0.2, 0.25) is 0 Å². The van der Waals surface area contributed by atoms with Crippen molar-refractivity contribution in [3.05, 3.63) is 70.2 Å². The molecule has 0 fully saturated rings. The van der Waals surface area contributed by atoms with E-state index in [1.54, 1.807) is 6.07 Å². The van der Waals surface area contributed by atoms with Crippen LogP contribution in [0.25, 0.3) is 0 Å². The number of hydrogen-bond acceptors (Lipinski definition) is 1. The van der Waals surface area contributed by atoms with Crippen LogP contribution in [-0.2, 0) is 6.42 Å². The molecule has 0 aromatic heterocycles. The van der Waals surface area contributed by atoms with Crippen molar-refractivity contribution in [2.45, 2.75) is 6.42 Å². The fraction of sp³-hybridized carbons (Fsp3) is 0.0714. The maximum atomic E-state index is 13.2. The van der Waals surface area contributed by atoms with Gasteiger partial charge in [0, 0.05) is 12.0 Å². The van der Waals surface area contributed by atoms with Crippen molar-refractivity contribution in [3.63, 3.8) is 0 Å². The molecule has 0 heterocycles. The van der Waals surface area contributed by atoms with Crippen LogP contribution < -0.4 is 0 Å². The molecule has 18 heavy (non-hydrogen) atoms. The zero-order valence-electron chi connectivity index (χ0n) is 9.29. The first-order valence-corrected chi connectivity index (χ1v) is 5.67. The first kappa shape index (κ1) is 12.7. The Balaban J connectivity index is 2.21. The average molecular weight is 267 g/mol. The van der Waals surface area contributed by atoms with Crippen LogP contribution in [0.1, 0.15) is 15.9 Å². The molecular formula is C14H9ClF2O. The molecule has 4 heteroatoms. The molecule has 2 rings (SSSR count). The summed E-state index contributed by atoms with van der Waals surface area (Å²) in [5.74, 6) is -1.20. The summed E-state index contributed by atoms with van der Waals surface area (Å²) in [5, 5.41) is -0.0482. The van der Waals surface area contributed by atoms with E-state index in [9.17, 15) is 13.6 Å². The maximum absolute atomic E-state index is 13.2. The second kappa shape index (κ2) is 5.27. The lowest BCUT2D eigenvalue weighted by Crippen LogP contribution is -2.04. The Labute approximate surface area is 108 Å². The van der Waals surface area contributed by atoms with Crippen LogP contribution in [0.3, 0.4) is 0 Å². The standard InChI is InChI=1S/C14H9ClF2O/c15-14-10(2-1-3-12(14)17)8-13(18)9-4-6-11(16)7-5-9/h1-7H,8H2. The highest BCUT2D eigenvalue weighted by Crippen LogP contribution is 2.21. The molecule has 0 aliphatic rings. The van der Waals surface area contributed by atoms with E-state index >= 15 is 0 Å². The third kappa shape index (κ3) is 2.74. The van der Waals surface area contributed by atoms with Crippen molar-refractivity contribution in [2.24, 2.45) is 0 Å². The maximum Gasteiger partial charge on any atom is 0.167 e. The summed E-state index contributed by atoms with van der Waals surface area (Å²) in [6.45, 7) is 0. The Morgan fingerprint density at radius 2 is 1.72 bits per heavy atom. The van der Waals surface area contributed by atoms with Gasteiger partial charge in [-0.2, -0.15) is 0 Å². The highest BCUT2D eigenvalue weighted by molar-refractivity contribution is 6.31. The van der Waals surface area contributed by atoms with Crippen LogP contribution in [-0.4, -0.2) is 5.78 Å². The molecule has 0 N–H and O–H groups in total. The van der Waals surface area contributed by atoms with Gasteiger partial charge in [0.15, 0.2) is 5.78 Å². The monoisotopic (exact) mass is 266 g/mol. The SMILES string of the molecule is O=C(Cc1cccc(F)c1Cl)c1ccc(F)cc1. The number of carbonyl (C=O) groups excluding carboxylic acids is 1. The summed E-state index contributed by atoms with van der Waals surface area (Å²) in [7, 11) is 0. The molecule has 0 atom stereocenters. The van der Waals surface area contributed by atoms with E-state index in [0.29, 0.717) is 11.1 Å². The van der Waals surface area contributed by atoms with E-state index in [-0.39, 0.29) is 17.2 Å². The molecule has 0 amide bonds. The normalized spacial score (nSPS) is 10.4. The van der Waals surface area contributed by atoms with Gasteiger partial charge in [0.1, 0.15) is 11.6 Å². The lowest BCUT2D eigenvalue weighted by molar-refractivity contribution is 0.0993. The number of ketones is 1. The number of halogens is 3. The predicted octanol–water partition coefficient (Wildman–Crippen LogP) is 4.04. The van der Waals surface area contributed by atoms with Crippen molar-refractivity contribution < 1.29 is 13.6 Å². The lowest BCUT2D eigenvalue weighted by atomic mass is 10.0. The second-order valence-corrected chi connectivity index (χ2v) is 4.20. The van der Waals surface area contributed by atoms with Gasteiger partial charge in [0.25, 0.3) is 0 Å². The van der Waals surface area contributed by atoms with Gasteiger partial charge in [-0.05, 0) is 35.9 Å². The smallest absolute Gasteiger partial charge is 0.167 e. The van der Waals surface area contributed by atoms with Crippen molar-refractivity contribution in [1.82, 2.24) is 0 Å². The molecule has 2 aromatic rings. The molecule has 0 radical (unpaired) electrons. The molecule has 0 unspecified atom stereocenters. The lowest BCUT2D eigenvalue weighted by Gasteiger charge is -2.04. The van der Waals surface area contributed by atoms with Crippen LogP contribution in [0.15, 0.2) is 42.5 Å². The van der Waals surface area contributed by atoms with Crippen LogP contribution in [0, 0.1) is 11.6 Å². The Morgan fingerprint density at radius 3 is 2.39 bits per heavy atom. The number of Topliss-reactive ketones (excluding diaryl/α,β-unsaturated/α-hetero) is 1.